The number of hydrogen-bond donors (Lipinski definition) is 4. The van der Waals surface area contributed by atoms with Crippen LogP contribution in [-0.4, -0.2) is 54.6 Å². The molecular weight excluding hydrogens is 336 g/mol. The van der Waals surface area contributed by atoms with Crippen LogP contribution in [0.15, 0.2) is 11.0 Å². The van der Waals surface area contributed by atoms with E-state index >= 15 is 0 Å². The molecule has 3 rings (SSSR count). The van der Waals surface area contributed by atoms with E-state index in [0.717, 1.165) is 6.20 Å². The highest BCUT2D eigenvalue weighted by molar-refractivity contribution is 7.71. The molecule has 2 aromatic heterocycles. The van der Waals surface area contributed by atoms with Crippen LogP contribution in [0.2, 0.25) is 0 Å². The molecular formula is C12H11F2N3O5S. The van der Waals surface area contributed by atoms with Gasteiger partial charge in [-0.3, -0.25) is 14.2 Å². The van der Waals surface area contributed by atoms with Crippen molar-refractivity contribution in [2.45, 2.75) is 24.4 Å². The van der Waals surface area contributed by atoms with Crippen molar-refractivity contribution in [2.75, 3.05) is 6.61 Å². The van der Waals surface area contributed by atoms with E-state index in [1.807, 2.05) is 4.98 Å². The van der Waals surface area contributed by atoms with Crippen LogP contribution in [0.4, 0.5) is 8.78 Å². The third-order valence-corrected chi connectivity index (χ3v) is 3.94. The molecule has 0 saturated carbocycles. The molecule has 23 heavy (non-hydrogen) atoms. The first kappa shape index (κ1) is 16.1. The third kappa shape index (κ3) is 2.46. The Morgan fingerprint density at radius 2 is 2.09 bits per heavy atom. The molecule has 0 aliphatic carbocycles. The van der Waals surface area contributed by atoms with Crippen LogP contribution in [-0.2, 0) is 4.74 Å². The number of aliphatic hydroxyl groups excluding tert-OH is 3. The van der Waals surface area contributed by atoms with Gasteiger partial charge in [-0.1, -0.05) is 12.2 Å². The molecule has 1 saturated heterocycles. The Kier molecular flexibility index (Phi) is 3.98. The molecule has 1 aliphatic rings. The summed E-state index contributed by atoms with van der Waals surface area (Å²) in [4.78, 5) is 17.0. The zero-order chi connectivity index (χ0) is 16.9. The van der Waals surface area contributed by atoms with Gasteiger partial charge in [-0.25, -0.2) is 4.98 Å². The highest BCUT2D eigenvalue weighted by atomic mass is 32.1. The van der Waals surface area contributed by atoms with Gasteiger partial charge in [-0.05, 0) is 0 Å². The Morgan fingerprint density at radius 1 is 1.39 bits per heavy atom. The van der Waals surface area contributed by atoms with E-state index in [0.29, 0.717) is 4.40 Å². The number of aliphatic hydroxyl groups is 3. The second kappa shape index (κ2) is 5.69. The number of aromatic nitrogens is 3. The van der Waals surface area contributed by atoms with Crippen molar-refractivity contribution in [3.63, 3.8) is 0 Å². The van der Waals surface area contributed by atoms with Gasteiger partial charge in [-0.15, -0.1) is 0 Å². The van der Waals surface area contributed by atoms with Gasteiger partial charge in [0.05, 0.1) is 6.61 Å². The minimum Gasteiger partial charge on any atom is -0.394 e. The molecule has 0 amide bonds. The highest BCUT2D eigenvalue weighted by Crippen LogP contribution is 2.33. The first-order valence-corrected chi connectivity index (χ1v) is 6.89. The SMILES string of the molecule is O=c1[nH]c2nc(=S)c(C3OC(CO)C(O)C3O)cn2c(F)c1F. The lowest BCUT2D eigenvalue weighted by atomic mass is 10.0. The molecule has 0 bridgehead atoms. The molecule has 0 aromatic carbocycles. The first-order chi connectivity index (χ1) is 10.8. The van der Waals surface area contributed by atoms with Crippen LogP contribution in [0.5, 0.6) is 0 Å². The lowest BCUT2D eigenvalue weighted by Crippen LogP contribution is -2.32. The van der Waals surface area contributed by atoms with Gasteiger partial charge in [0.25, 0.3) is 5.56 Å². The summed E-state index contributed by atoms with van der Waals surface area (Å²) in [6.07, 6.45) is -4.04. The number of rotatable bonds is 2. The molecule has 1 aliphatic heterocycles. The maximum atomic E-state index is 13.9. The zero-order valence-electron chi connectivity index (χ0n) is 11.3. The Hall–Kier alpha value is -1.79. The van der Waals surface area contributed by atoms with Crippen molar-refractivity contribution in [3.8, 4) is 0 Å². The summed E-state index contributed by atoms with van der Waals surface area (Å²) in [6, 6.07) is 0. The second-order valence-corrected chi connectivity index (χ2v) is 5.40. The van der Waals surface area contributed by atoms with E-state index in [-0.39, 0.29) is 16.0 Å². The predicted molar refractivity (Wildman–Crippen MR) is 73.3 cm³/mol. The third-order valence-electron chi connectivity index (χ3n) is 3.62. The fourth-order valence-electron chi connectivity index (χ4n) is 2.42. The number of aromatic amines is 1. The summed E-state index contributed by atoms with van der Waals surface area (Å²) in [5.41, 5.74) is -1.28. The fourth-order valence-corrected chi connectivity index (χ4v) is 2.67. The summed E-state index contributed by atoms with van der Waals surface area (Å²) < 4.78 is 33.0. The van der Waals surface area contributed by atoms with Crippen LogP contribution < -0.4 is 5.56 Å². The number of hydrogen-bond acceptors (Lipinski definition) is 7. The Labute approximate surface area is 131 Å². The van der Waals surface area contributed by atoms with Gasteiger partial charge in [0.2, 0.25) is 17.5 Å². The van der Waals surface area contributed by atoms with Crippen molar-refractivity contribution in [2.24, 2.45) is 0 Å². The van der Waals surface area contributed by atoms with Gasteiger partial charge in [0.15, 0.2) is 0 Å². The molecule has 3 heterocycles. The lowest BCUT2D eigenvalue weighted by Gasteiger charge is -2.15. The summed E-state index contributed by atoms with van der Waals surface area (Å²) in [5, 5.41) is 28.8. The Morgan fingerprint density at radius 3 is 2.70 bits per heavy atom. The van der Waals surface area contributed by atoms with Crippen LogP contribution >= 0.6 is 12.2 Å². The van der Waals surface area contributed by atoms with E-state index < -0.39 is 48.3 Å². The number of H-pyrrole nitrogens is 1. The van der Waals surface area contributed by atoms with Crippen molar-refractivity contribution >= 4 is 18.0 Å². The quantitative estimate of drug-likeness (QED) is 0.414. The molecule has 4 unspecified atom stereocenters. The van der Waals surface area contributed by atoms with Crippen LogP contribution in [0.25, 0.3) is 5.78 Å². The number of nitrogens with zero attached hydrogens (tertiary/aromatic N) is 2. The molecule has 2 aromatic rings. The van der Waals surface area contributed by atoms with Crippen LogP contribution in [0, 0.1) is 16.4 Å². The molecule has 1 fully saturated rings. The average Bonchev–Trinajstić information content (AvgIpc) is 2.80. The van der Waals surface area contributed by atoms with E-state index in [4.69, 9.17) is 22.1 Å². The van der Waals surface area contributed by atoms with Gasteiger partial charge in [0.1, 0.15) is 29.1 Å². The van der Waals surface area contributed by atoms with Crippen molar-refractivity contribution in [3.05, 3.63) is 38.5 Å². The average molecular weight is 347 g/mol. The van der Waals surface area contributed by atoms with Gasteiger partial charge < -0.3 is 20.1 Å². The minimum atomic E-state index is -1.63. The molecule has 11 heteroatoms. The number of ether oxygens (including phenoxy) is 1. The Bertz CT molecular complexity index is 885. The van der Waals surface area contributed by atoms with E-state index in [2.05, 4.69) is 4.98 Å². The number of fused-ring (bicyclic) bond motifs is 1. The summed E-state index contributed by atoms with van der Waals surface area (Å²) in [6.45, 7) is -0.550. The second-order valence-electron chi connectivity index (χ2n) is 5.01. The van der Waals surface area contributed by atoms with Crippen LogP contribution in [0.1, 0.15) is 11.7 Å². The van der Waals surface area contributed by atoms with Crippen molar-refractivity contribution in [1.82, 2.24) is 14.4 Å². The van der Waals surface area contributed by atoms with Gasteiger partial charge in [0, 0.05) is 11.8 Å². The van der Waals surface area contributed by atoms with Gasteiger partial charge >= 0.3 is 0 Å². The maximum Gasteiger partial charge on any atom is 0.291 e. The predicted octanol–water partition coefficient (Wildman–Crippen LogP) is -0.816. The summed E-state index contributed by atoms with van der Waals surface area (Å²) in [7, 11) is 0. The fraction of sp³-hybridized carbons (Fsp3) is 0.417. The van der Waals surface area contributed by atoms with E-state index in [1.54, 1.807) is 0 Å². The summed E-state index contributed by atoms with van der Waals surface area (Å²) in [5.74, 6) is -3.44. The normalized spacial score (nSPS) is 27.7. The largest absolute Gasteiger partial charge is 0.394 e. The summed E-state index contributed by atoms with van der Waals surface area (Å²) >= 11 is 5.00. The smallest absolute Gasteiger partial charge is 0.291 e. The first-order valence-electron chi connectivity index (χ1n) is 6.48. The molecule has 4 atom stereocenters. The van der Waals surface area contributed by atoms with Crippen LogP contribution in [0.3, 0.4) is 0 Å². The van der Waals surface area contributed by atoms with Crippen molar-refractivity contribution < 1.29 is 28.8 Å². The Balaban J connectivity index is 2.18. The molecule has 124 valence electrons. The van der Waals surface area contributed by atoms with Crippen molar-refractivity contribution in [1.29, 1.82) is 0 Å². The molecule has 8 nitrogen and oxygen atoms in total. The van der Waals surface area contributed by atoms with Gasteiger partial charge in [-0.2, -0.15) is 8.78 Å². The lowest BCUT2D eigenvalue weighted by molar-refractivity contribution is -0.0231. The zero-order valence-corrected chi connectivity index (χ0v) is 12.1. The van der Waals surface area contributed by atoms with E-state index in [1.165, 1.54) is 0 Å². The van der Waals surface area contributed by atoms with E-state index in [9.17, 15) is 23.8 Å². The topological polar surface area (TPSA) is 120 Å². The molecule has 0 spiro atoms. The monoisotopic (exact) mass is 347 g/mol. The maximum absolute atomic E-state index is 13.9. The molecule has 0 radical (unpaired) electrons. The molecule has 4 N–H and O–H groups in total. The highest BCUT2D eigenvalue weighted by Gasteiger charge is 2.43. The number of nitrogens with one attached hydrogen (secondary N) is 1. The standard InChI is InChI=1S/C12H11F2N3O5S/c13-5-9(14)17-1-3(11(23)16-12(17)15-10(5)21)8-7(20)6(19)4(2-18)22-8/h1,4,6-8,18-20H,2H2,(H,15,16,21,23). The minimum absolute atomic E-state index is 0.00495. The number of halogens is 2.